The molecule has 6 nitrogen and oxygen atoms in total. The van der Waals surface area contributed by atoms with Crippen molar-refractivity contribution in [2.45, 2.75) is 6.92 Å². The monoisotopic (exact) mass is 260 g/mol. The SMILES string of the molecule is CC(=O)NC1=C2SS(=O)(=O)C=C2N(C)C1=O. The van der Waals surface area contributed by atoms with E-state index in [1.807, 2.05) is 0 Å². The molecule has 0 aromatic rings. The predicted octanol–water partition coefficient (Wildman–Crippen LogP) is -0.276. The average Bonchev–Trinajstić information content (AvgIpc) is 2.55. The molecule has 0 saturated carbocycles. The first-order chi connectivity index (χ1) is 7.32. The third kappa shape index (κ3) is 1.63. The van der Waals surface area contributed by atoms with E-state index in [9.17, 15) is 18.0 Å². The second-order valence-corrected chi connectivity index (χ2v) is 7.02. The van der Waals surface area contributed by atoms with Crippen molar-refractivity contribution in [3.05, 3.63) is 21.7 Å². The highest BCUT2D eigenvalue weighted by molar-refractivity contribution is 8.75. The number of nitrogens with zero attached hydrogens (tertiary/aromatic N) is 1. The Morgan fingerprint density at radius 3 is 2.69 bits per heavy atom. The number of likely N-dealkylation sites (N-methyl/N-ethyl adjacent to an activating group) is 1. The first-order valence-corrected chi connectivity index (χ1v) is 7.16. The fourth-order valence-electron chi connectivity index (χ4n) is 1.43. The lowest BCUT2D eigenvalue weighted by atomic mass is 10.4. The summed E-state index contributed by atoms with van der Waals surface area (Å²) in [5.74, 6) is -0.811. The van der Waals surface area contributed by atoms with Crippen molar-refractivity contribution in [3.8, 4) is 0 Å². The number of carbonyl (C=O) groups excluding carboxylic acids is 2. The summed E-state index contributed by atoms with van der Waals surface area (Å²) in [6.07, 6.45) is 0. The molecule has 8 heteroatoms. The normalized spacial score (nSPS) is 22.2. The maximum absolute atomic E-state index is 11.7. The fraction of sp³-hybridized carbons (Fsp3) is 0.250. The highest BCUT2D eigenvalue weighted by atomic mass is 33.1. The molecule has 0 aliphatic carbocycles. The van der Waals surface area contributed by atoms with E-state index in [1.165, 1.54) is 18.9 Å². The molecule has 1 N–H and O–H groups in total. The lowest BCUT2D eigenvalue weighted by Gasteiger charge is -2.09. The zero-order chi connectivity index (χ0) is 12.1. The van der Waals surface area contributed by atoms with Gasteiger partial charge in [-0.15, -0.1) is 0 Å². The summed E-state index contributed by atoms with van der Waals surface area (Å²) in [5.41, 5.74) is 0.353. The molecule has 0 unspecified atom stereocenters. The minimum absolute atomic E-state index is 0.0346. The van der Waals surface area contributed by atoms with Gasteiger partial charge < -0.3 is 10.2 Å². The highest BCUT2D eigenvalue weighted by Gasteiger charge is 2.41. The zero-order valence-corrected chi connectivity index (χ0v) is 10.1. The van der Waals surface area contributed by atoms with Gasteiger partial charge in [-0.1, -0.05) is 0 Å². The molecular formula is C8H8N2O4S2. The third-order valence-electron chi connectivity index (χ3n) is 2.10. The molecule has 2 aliphatic rings. The van der Waals surface area contributed by atoms with Crippen molar-refractivity contribution in [3.63, 3.8) is 0 Å². The Morgan fingerprint density at radius 2 is 2.12 bits per heavy atom. The van der Waals surface area contributed by atoms with E-state index < -0.39 is 20.7 Å². The summed E-state index contributed by atoms with van der Waals surface area (Å²) >= 11 is 0. The maximum Gasteiger partial charge on any atom is 0.275 e. The van der Waals surface area contributed by atoms with E-state index in [4.69, 9.17) is 0 Å². The van der Waals surface area contributed by atoms with Crippen LogP contribution in [0.5, 0.6) is 0 Å². The van der Waals surface area contributed by atoms with Crippen LogP contribution in [0.15, 0.2) is 21.7 Å². The van der Waals surface area contributed by atoms with Crippen molar-refractivity contribution in [2.75, 3.05) is 7.05 Å². The Balaban J connectivity index is 2.52. The second kappa shape index (κ2) is 3.36. The number of hydrogen-bond acceptors (Lipinski definition) is 5. The molecule has 0 aromatic carbocycles. The summed E-state index contributed by atoms with van der Waals surface area (Å²) in [4.78, 5) is 24.1. The van der Waals surface area contributed by atoms with Crippen LogP contribution in [0.2, 0.25) is 0 Å². The minimum Gasteiger partial charge on any atom is -0.321 e. The fourth-order valence-corrected chi connectivity index (χ4v) is 4.46. The lowest BCUT2D eigenvalue weighted by molar-refractivity contribution is -0.126. The topological polar surface area (TPSA) is 83.6 Å². The number of amides is 2. The van der Waals surface area contributed by atoms with Gasteiger partial charge in [-0.05, 0) is 0 Å². The van der Waals surface area contributed by atoms with E-state index in [0.29, 0.717) is 21.4 Å². The summed E-state index contributed by atoms with van der Waals surface area (Å²) in [7, 11) is -1.34. The van der Waals surface area contributed by atoms with Crippen LogP contribution in [-0.2, 0) is 18.5 Å². The van der Waals surface area contributed by atoms with Gasteiger partial charge in [-0.25, -0.2) is 8.42 Å². The van der Waals surface area contributed by atoms with Crippen LogP contribution in [0.3, 0.4) is 0 Å². The maximum atomic E-state index is 11.7. The van der Waals surface area contributed by atoms with E-state index in [2.05, 4.69) is 5.32 Å². The second-order valence-electron chi connectivity index (χ2n) is 3.33. The molecule has 2 amide bonds. The summed E-state index contributed by atoms with van der Waals surface area (Å²) in [5, 5.41) is 3.38. The van der Waals surface area contributed by atoms with Gasteiger partial charge in [0.15, 0.2) is 0 Å². The lowest BCUT2D eigenvalue weighted by Crippen LogP contribution is -2.29. The molecule has 0 radical (unpaired) electrons. The number of fused-ring (bicyclic) bond motifs is 1. The van der Waals surface area contributed by atoms with Gasteiger partial charge in [-0.3, -0.25) is 9.59 Å². The van der Waals surface area contributed by atoms with Crippen LogP contribution in [0.4, 0.5) is 0 Å². The van der Waals surface area contributed by atoms with Crippen molar-refractivity contribution >= 4 is 31.5 Å². The van der Waals surface area contributed by atoms with Crippen LogP contribution in [0.25, 0.3) is 0 Å². The number of carbonyl (C=O) groups is 2. The summed E-state index contributed by atoms with van der Waals surface area (Å²) < 4.78 is 22.7. The van der Waals surface area contributed by atoms with Gasteiger partial charge in [0.25, 0.3) is 5.91 Å². The smallest absolute Gasteiger partial charge is 0.275 e. The molecule has 0 saturated heterocycles. The van der Waals surface area contributed by atoms with Crippen LogP contribution in [0.1, 0.15) is 6.92 Å². The molecular weight excluding hydrogens is 252 g/mol. The molecule has 0 bridgehead atoms. The van der Waals surface area contributed by atoms with Crippen LogP contribution in [-0.4, -0.2) is 32.2 Å². The van der Waals surface area contributed by atoms with E-state index in [-0.39, 0.29) is 5.70 Å². The molecule has 2 aliphatic heterocycles. The van der Waals surface area contributed by atoms with E-state index in [0.717, 1.165) is 5.41 Å². The molecule has 0 spiro atoms. The predicted molar refractivity (Wildman–Crippen MR) is 58.2 cm³/mol. The standard InChI is InChI=1S/C8H8N2O4S2/c1-4(11)9-6-7-5(10(2)8(6)12)3-16(13,14)15-7/h3H,1-2H3,(H,9,11). The first-order valence-electron chi connectivity index (χ1n) is 4.28. The van der Waals surface area contributed by atoms with Gasteiger partial charge in [0.2, 0.25) is 14.8 Å². The van der Waals surface area contributed by atoms with Crippen LogP contribution < -0.4 is 5.32 Å². The van der Waals surface area contributed by atoms with Crippen molar-refractivity contribution in [1.29, 1.82) is 0 Å². The largest absolute Gasteiger partial charge is 0.321 e. The molecule has 0 fully saturated rings. The molecule has 2 heterocycles. The van der Waals surface area contributed by atoms with Gasteiger partial charge >= 0.3 is 0 Å². The molecule has 0 atom stereocenters. The van der Waals surface area contributed by atoms with Crippen molar-refractivity contribution in [2.24, 2.45) is 0 Å². The minimum atomic E-state index is -3.38. The van der Waals surface area contributed by atoms with Crippen molar-refractivity contribution in [1.82, 2.24) is 10.2 Å². The number of hydrogen-bond donors (Lipinski definition) is 1. The Labute approximate surface area is 95.7 Å². The van der Waals surface area contributed by atoms with Crippen molar-refractivity contribution < 1.29 is 18.0 Å². The molecule has 86 valence electrons. The third-order valence-corrected chi connectivity index (χ3v) is 4.91. The Kier molecular flexibility index (Phi) is 2.35. The van der Waals surface area contributed by atoms with Gasteiger partial charge in [0, 0.05) is 24.8 Å². The molecule has 2 rings (SSSR count). The Morgan fingerprint density at radius 1 is 1.50 bits per heavy atom. The highest BCUT2D eigenvalue weighted by Crippen LogP contribution is 2.45. The quantitative estimate of drug-likeness (QED) is 0.656. The van der Waals surface area contributed by atoms with Gasteiger partial charge in [0.05, 0.1) is 16.0 Å². The first kappa shape index (κ1) is 11.2. The average molecular weight is 260 g/mol. The Bertz CT molecular complexity index is 559. The molecule has 16 heavy (non-hydrogen) atoms. The Hall–Kier alpha value is -1.28. The summed E-state index contributed by atoms with van der Waals surface area (Å²) in [6.45, 7) is 1.26. The van der Waals surface area contributed by atoms with E-state index >= 15 is 0 Å². The zero-order valence-electron chi connectivity index (χ0n) is 8.47. The van der Waals surface area contributed by atoms with E-state index in [1.54, 1.807) is 0 Å². The number of nitrogens with one attached hydrogen (secondary N) is 1. The van der Waals surface area contributed by atoms with Gasteiger partial charge in [0.1, 0.15) is 5.70 Å². The molecule has 0 aromatic heterocycles. The van der Waals surface area contributed by atoms with Crippen LogP contribution in [0, 0.1) is 0 Å². The summed E-state index contributed by atoms with van der Waals surface area (Å²) in [6, 6.07) is 0. The van der Waals surface area contributed by atoms with Gasteiger partial charge in [-0.2, -0.15) is 0 Å². The number of rotatable bonds is 1. The van der Waals surface area contributed by atoms with Crippen LogP contribution >= 0.6 is 10.8 Å².